The predicted molar refractivity (Wildman–Crippen MR) is 101 cm³/mol. The fourth-order valence-corrected chi connectivity index (χ4v) is 4.62. The van der Waals surface area contributed by atoms with E-state index in [1.54, 1.807) is 6.20 Å². The molecule has 4 rings (SSSR count). The first-order chi connectivity index (χ1) is 12.3. The Morgan fingerprint density at radius 2 is 1.52 bits per heavy atom. The SMILES string of the molecule is O=c1c2cnc(C3CCCCCCC3)nc2ccn1C1CCCCC1. The summed E-state index contributed by atoms with van der Waals surface area (Å²) in [7, 11) is 0. The van der Waals surface area contributed by atoms with Crippen LogP contribution in [0, 0.1) is 0 Å². The van der Waals surface area contributed by atoms with Crippen molar-refractivity contribution in [1.82, 2.24) is 14.5 Å². The molecule has 2 fully saturated rings. The average Bonchev–Trinajstić information content (AvgIpc) is 2.62. The van der Waals surface area contributed by atoms with Crippen LogP contribution < -0.4 is 5.56 Å². The first-order valence-electron chi connectivity index (χ1n) is 10.2. The fraction of sp³-hybridized carbons (Fsp3) is 0.667. The second-order valence-electron chi connectivity index (χ2n) is 7.89. The van der Waals surface area contributed by atoms with Gasteiger partial charge in [-0.3, -0.25) is 4.79 Å². The van der Waals surface area contributed by atoms with E-state index in [9.17, 15) is 4.79 Å². The van der Waals surface area contributed by atoms with Crippen LogP contribution in [0.5, 0.6) is 0 Å². The van der Waals surface area contributed by atoms with Gasteiger partial charge in [-0.15, -0.1) is 0 Å². The van der Waals surface area contributed by atoms with E-state index in [-0.39, 0.29) is 5.56 Å². The molecule has 0 saturated heterocycles. The summed E-state index contributed by atoms with van der Waals surface area (Å²) in [6, 6.07) is 2.38. The molecule has 134 valence electrons. The average molecular weight is 339 g/mol. The molecule has 4 heteroatoms. The van der Waals surface area contributed by atoms with Crippen molar-refractivity contribution in [3.8, 4) is 0 Å². The molecule has 4 nitrogen and oxygen atoms in total. The van der Waals surface area contributed by atoms with Gasteiger partial charge in [0, 0.05) is 24.4 Å². The highest BCUT2D eigenvalue weighted by Crippen LogP contribution is 2.30. The highest BCUT2D eigenvalue weighted by molar-refractivity contribution is 5.76. The van der Waals surface area contributed by atoms with Crippen molar-refractivity contribution in [3.05, 3.63) is 34.6 Å². The van der Waals surface area contributed by atoms with Crippen LogP contribution >= 0.6 is 0 Å². The lowest BCUT2D eigenvalue weighted by atomic mass is 9.90. The summed E-state index contributed by atoms with van der Waals surface area (Å²) in [4.78, 5) is 22.3. The molecule has 25 heavy (non-hydrogen) atoms. The maximum atomic E-state index is 12.9. The molecular formula is C21H29N3O. The van der Waals surface area contributed by atoms with Gasteiger partial charge in [0.05, 0.1) is 10.9 Å². The third-order valence-electron chi connectivity index (χ3n) is 6.13. The third kappa shape index (κ3) is 3.63. The molecule has 0 unspecified atom stereocenters. The smallest absolute Gasteiger partial charge is 0.261 e. The Labute approximate surface area is 149 Å². The molecule has 2 aromatic heterocycles. The van der Waals surface area contributed by atoms with Crippen molar-refractivity contribution in [2.75, 3.05) is 0 Å². The number of nitrogens with zero attached hydrogens (tertiary/aromatic N) is 3. The van der Waals surface area contributed by atoms with Gasteiger partial charge in [-0.25, -0.2) is 9.97 Å². The molecule has 0 N–H and O–H groups in total. The minimum Gasteiger partial charge on any atom is -0.312 e. The number of fused-ring (bicyclic) bond motifs is 1. The summed E-state index contributed by atoms with van der Waals surface area (Å²) in [5.74, 6) is 1.41. The minimum atomic E-state index is 0.0913. The van der Waals surface area contributed by atoms with E-state index in [2.05, 4.69) is 4.98 Å². The normalized spacial score (nSPS) is 21.1. The molecule has 2 saturated carbocycles. The Hall–Kier alpha value is -1.71. The highest BCUT2D eigenvalue weighted by atomic mass is 16.1. The van der Waals surface area contributed by atoms with Crippen LogP contribution in [0.1, 0.15) is 94.8 Å². The Bertz CT molecular complexity index is 768. The summed E-state index contributed by atoms with van der Waals surface area (Å²) in [6.07, 6.45) is 18.7. The van der Waals surface area contributed by atoms with Gasteiger partial charge in [-0.05, 0) is 31.7 Å². The summed E-state index contributed by atoms with van der Waals surface area (Å²) in [5, 5.41) is 0.683. The lowest BCUT2D eigenvalue weighted by molar-refractivity contribution is 0.347. The molecule has 0 aliphatic heterocycles. The molecule has 0 radical (unpaired) electrons. The predicted octanol–water partition coefficient (Wildman–Crippen LogP) is 5.12. The van der Waals surface area contributed by atoms with Crippen LogP contribution in [0.15, 0.2) is 23.3 Å². The molecule has 2 aliphatic rings. The first-order valence-corrected chi connectivity index (χ1v) is 10.2. The molecule has 0 amide bonds. The van der Waals surface area contributed by atoms with Gasteiger partial charge in [-0.1, -0.05) is 51.4 Å². The van der Waals surface area contributed by atoms with Crippen molar-refractivity contribution in [1.29, 1.82) is 0 Å². The largest absolute Gasteiger partial charge is 0.312 e. The minimum absolute atomic E-state index is 0.0913. The zero-order valence-electron chi connectivity index (χ0n) is 15.1. The monoisotopic (exact) mass is 339 g/mol. The molecule has 0 spiro atoms. The summed E-state index contributed by atoms with van der Waals surface area (Å²) in [6.45, 7) is 0. The third-order valence-corrected chi connectivity index (χ3v) is 6.13. The zero-order chi connectivity index (χ0) is 17.1. The second kappa shape index (κ2) is 7.67. The van der Waals surface area contributed by atoms with Crippen molar-refractivity contribution in [2.24, 2.45) is 0 Å². The van der Waals surface area contributed by atoms with Crippen molar-refractivity contribution in [2.45, 2.75) is 89.0 Å². The van der Waals surface area contributed by atoms with Crippen molar-refractivity contribution < 1.29 is 0 Å². The maximum Gasteiger partial charge on any atom is 0.261 e. The number of hydrogen-bond donors (Lipinski definition) is 0. The quantitative estimate of drug-likeness (QED) is 0.762. The van der Waals surface area contributed by atoms with Crippen LogP contribution in [0.25, 0.3) is 10.9 Å². The topological polar surface area (TPSA) is 47.8 Å². The zero-order valence-corrected chi connectivity index (χ0v) is 15.1. The second-order valence-corrected chi connectivity index (χ2v) is 7.89. The molecule has 0 atom stereocenters. The van der Waals surface area contributed by atoms with Crippen LogP contribution in [0.4, 0.5) is 0 Å². The van der Waals surface area contributed by atoms with Gasteiger partial charge >= 0.3 is 0 Å². The lowest BCUT2D eigenvalue weighted by Crippen LogP contribution is -2.26. The van der Waals surface area contributed by atoms with E-state index in [1.807, 2.05) is 16.8 Å². The first kappa shape index (κ1) is 16.7. The van der Waals surface area contributed by atoms with Crippen LogP contribution in [-0.4, -0.2) is 14.5 Å². The molecule has 0 bridgehead atoms. The Morgan fingerprint density at radius 3 is 2.28 bits per heavy atom. The Morgan fingerprint density at radius 1 is 0.880 bits per heavy atom. The van der Waals surface area contributed by atoms with E-state index in [4.69, 9.17) is 4.98 Å². The van der Waals surface area contributed by atoms with Crippen molar-refractivity contribution >= 4 is 10.9 Å². The van der Waals surface area contributed by atoms with Gasteiger partial charge in [0.1, 0.15) is 5.82 Å². The Kier molecular flexibility index (Phi) is 5.14. The van der Waals surface area contributed by atoms with E-state index in [1.165, 1.54) is 64.2 Å². The summed E-state index contributed by atoms with van der Waals surface area (Å²) >= 11 is 0. The molecule has 0 aromatic carbocycles. The molecular weight excluding hydrogens is 310 g/mol. The van der Waals surface area contributed by atoms with Gasteiger partial charge in [0.2, 0.25) is 0 Å². The van der Waals surface area contributed by atoms with E-state index in [0.29, 0.717) is 17.3 Å². The maximum absolute atomic E-state index is 12.9. The fourth-order valence-electron chi connectivity index (χ4n) is 4.62. The van der Waals surface area contributed by atoms with Crippen molar-refractivity contribution in [3.63, 3.8) is 0 Å². The summed E-state index contributed by atoms with van der Waals surface area (Å²) < 4.78 is 1.93. The van der Waals surface area contributed by atoms with Gasteiger partial charge in [0.15, 0.2) is 0 Å². The van der Waals surface area contributed by atoms with Crippen LogP contribution in [-0.2, 0) is 0 Å². The van der Waals surface area contributed by atoms with Gasteiger partial charge in [0.25, 0.3) is 5.56 Å². The highest BCUT2D eigenvalue weighted by Gasteiger charge is 2.20. The number of rotatable bonds is 2. The molecule has 2 aromatic rings. The standard InChI is InChI=1S/C21H29N3O/c25-21-18-15-22-20(16-9-5-2-1-3-6-10-16)23-19(18)13-14-24(21)17-11-7-4-8-12-17/h13-17H,1-12H2. The lowest BCUT2D eigenvalue weighted by Gasteiger charge is -2.24. The summed E-state index contributed by atoms with van der Waals surface area (Å²) in [5.41, 5.74) is 0.915. The number of aromatic nitrogens is 3. The number of pyridine rings is 1. The Balaban J connectivity index is 1.63. The van der Waals surface area contributed by atoms with Crippen LogP contribution in [0.3, 0.4) is 0 Å². The van der Waals surface area contributed by atoms with Crippen LogP contribution in [0.2, 0.25) is 0 Å². The molecule has 2 aliphatic carbocycles. The van der Waals surface area contributed by atoms with Gasteiger partial charge < -0.3 is 4.57 Å². The molecule has 2 heterocycles. The number of hydrogen-bond acceptors (Lipinski definition) is 3. The van der Waals surface area contributed by atoms with E-state index >= 15 is 0 Å². The van der Waals surface area contributed by atoms with E-state index < -0.39 is 0 Å². The van der Waals surface area contributed by atoms with E-state index in [0.717, 1.165) is 24.2 Å². The van der Waals surface area contributed by atoms with Gasteiger partial charge in [-0.2, -0.15) is 0 Å².